The molecule has 2 heterocycles. The van der Waals surface area contributed by atoms with Crippen molar-refractivity contribution in [1.82, 2.24) is 19.5 Å². The van der Waals surface area contributed by atoms with Gasteiger partial charge in [-0.2, -0.15) is 0 Å². The molecular weight excluding hydrogens is 460 g/mol. The van der Waals surface area contributed by atoms with Gasteiger partial charge in [0.25, 0.3) is 11.8 Å². The van der Waals surface area contributed by atoms with E-state index in [4.69, 9.17) is 9.57 Å². The van der Waals surface area contributed by atoms with E-state index in [1.807, 2.05) is 47.0 Å². The van der Waals surface area contributed by atoms with E-state index in [9.17, 15) is 14.4 Å². The number of carbonyl (C=O) groups excluding carboxylic acids is 3. The minimum absolute atomic E-state index is 0.148. The van der Waals surface area contributed by atoms with Crippen molar-refractivity contribution in [3.63, 3.8) is 0 Å². The molecule has 9 nitrogen and oxygen atoms in total. The summed E-state index contributed by atoms with van der Waals surface area (Å²) in [7, 11) is 3.03. The SMILES string of the molecule is CON(C)C(=O)Cc1ccc2ncn(-c3ccc(OCCN4C(=O)c5ccccc5C4=O)cc3)c2c1. The van der Waals surface area contributed by atoms with E-state index in [-0.39, 0.29) is 37.3 Å². The second-order valence-corrected chi connectivity index (χ2v) is 8.34. The van der Waals surface area contributed by atoms with Crippen molar-refractivity contribution in [1.29, 1.82) is 0 Å². The molecule has 0 radical (unpaired) electrons. The Bertz CT molecular complexity index is 1430. The van der Waals surface area contributed by atoms with Crippen LogP contribution in [0.1, 0.15) is 26.3 Å². The van der Waals surface area contributed by atoms with Gasteiger partial charge in [-0.25, -0.2) is 10.0 Å². The molecule has 36 heavy (non-hydrogen) atoms. The zero-order chi connectivity index (χ0) is 25.2. The molecule has 4 aromatic rings. The summed E-state index contributed by atoms with van der Waals surface area (Å²) in [6.45, 7) is 0.353. The van der Waals surface area contributed by atoms with Crippen molar-refractivity contribution in [2.24, 2.45) is 0 Å². The predicted molar refractivity (Wildman–Crippen MR) is 132 cm³/mol. The number of hydroxylamine groups is 2. The van der Waals surface area contributed by atoms with Gasteiger partial charge in [-0.15, -0.1) is 0 Å². The number of likely N-dealkylation sites (N-methyl/N-ethyl adjacent to an activating group) is 1. The van der Waals surface area contributed by atoms with E-state index in [1.165, 1.54) is 17.1 Å². The lowest BCUT2D eigenvalue weighted by atomic mass is 10.1. The van der Waals surface area contributed by atoms with Gasteiger partial charge in [-0.3, -0.25) is 28.7 Å². The predicted octanol–water partition coefficient (Wildman–Crippen LogP) is 3.26. The van der Waals surface area contributed by atoms with Crippen LogP contribution in [-0.2, 0) is 16.1 Å². The summed E-state index contributed by atoms with van der Waals surface area (Å²) in [4.78, 5) is 47.8. The number of benzene rings is 3. The maximum Gasteiger partial charge on any atom is 0.261 e. The molecule has 0 bridgehead atoms. The number of nitrogens with zero attached hydrogens (tertiary/aromatic N) is 4. The first-order valence-electron chi connectivity index (χ1n) is 11.4. The van der Waals surface area contributed by atoms with Gasteiger partial charge in [0.05, 0.1) is 42.2 Å². The number of imidazole rings is 1. The Morgan fingerprint density at radius 1 is 0.972 bits per heavy atom. The minimum Gasteiger partial charge on any atom is -0.492 e. The monoisotopic (exact) mass is 484 g/mol. The van der Waals surface area contributed by atoms with Crippen LogP contribution in [0, 0.1) is 0 Å². The van der Waals surface area contributed by atoms with E-state index >= 15 is 0 Å². The summed E-state index contributed by atoms with van der Waals surface area (Å²) in [5, 5.41) is 1.20. The van der Waals surface area contributed by atoms with Crippen molar-refractivity contribution in [2.75, 3.05) is 27.3 Å². The largest absolute Gasteiger partial charge is 0.492 e. The lowest BCUT2D eigenvalue weighted by molar-refractivity contribution is -0.167. The summed E-state index contributed by atoms with van der Waals surface area (Å²) in [6.07, 6.45) is 1.95. The number of imide groups is 1. The van der Waals surface area contributed by atoms with Crippen molar-refractivity contribution in [2.45, 2.75) is 6.42 Å². The molecule has 0 spiro atoms. The fourth-order valence-corrected chi connectivity index (χ4v) is 4.16. The molecular formula is C27H24N4O5. The Balaban J connectivity index is 1.25. The van der Waals surface area contributed by atoms with Crippen molar-refractivity contribution in [3.05, 3.63) is 89.7 Å². The number of rotatable bonds is 8. The second kappa shape index (κ2) is 9.63. The molecule has 0 N–H and O–H groups in total. The number of hydrogen-bond donors (Lipinski definition) is 0. The highest BCUT2D eigenvalue weighted by molar-refractivity contribution is 6.21. The first kappa shape index (κ1) is 23.3. The Hall–Kier alpha value is -4.50. The van der Waals surface area contributed by atoms with Crippen LogP contribution >= 0.6 is 0 Å². The van der Waals surface area contributed by atoms with Gasteiger partial charge in [0, 0.05) is 12.7 Å². The lowest BCUT2D eigenvalue weighted by Gasteiger charge is -2.15. The summed E-state index contributed by atoms with van der Waals surface area (Å²) in [5.74, 6) is -0.118. The normalized spacial score (nSPS) is 12.8. The highest BCUT2D eigenvalue weighted by Crippen LogP contribution is 2.24. The fraction of sp³-hybridized carbons (Fsp3) is 0.185. The van der Waals surface area contributed by atoms with Gasteiger partial charge in [0.15, 0.2) is 0 Å². The maximum absolute atomic E-state index is 12.5. The molecule has 0 atom stereocenters. The van der Waals surface area contributed by atoms with Crippen molar-refractivity contribution < 1.29 is 24.0 Å². The fourth-order valence-electron chi connectivity index (χ4n) is 4.16. The van der Waals surface area contributed by atoms with Crippen LogP contribution in [0.2, 0.25) is 0 Å². The number of amides is 3. The van der Waals surface area contributed by atoms with Crippen molar-refractivity contribution in [3.8, 4) is 11.4 Å². The third kappa shape index (κ3) is 4.32. The first-order valence-corrected chi connectivity index (χ1v) is 11.4. The lowest BCUT2D eigenvalue weighted by Crippen LogP contribution is -2.33. The number of hydrogen-bond acceptors (Lipinski definition) is 6. The summed E-state index contributed by atoms with van der Waals surface area (Å²) < 4.78 is 7.73. The van der Waals surface area contributed by atoms with E-state index in [1.54, 1.807) is 37.6 Å². The Morgan fingerprint density at radius 3 is 2.33 bits per heavy atom. The Morgan fingerprint density at radius 2 is 1.67 bits per heavy atom. The van der Waals surface area contributed by atoms with Crippen LogP contribution in [0.25, 0.3) is 16.7 Å². The molecule has 5 rings (SSSR count). The van der Waals surface area contributed by atoms with Gasteiger partial charge >= 0.3 is 0 Å². The number of fused-ring (bicyclic) bond motifs is 2. The molecule has 0 saturated carbocycles. The van der Waals surface area contributed by atoms with Crippen LogP contribution in [0.5, 0.6) is 5.75 Å². The van der Waals surface area contributed by atoms with E-state index in [0.29, 0.717) is 16.9 Å². The number of carbonyl (C=O) groups is 3. The number of aromatic nitrogens is 2. The van der Waals surface area contributed by atoms with Gasteiger partial charge < -0.3 is 4.74 Å². The summed E-state index contributed by atoms with van der Waals surface area (Å²) in [6, 6.07) is 20.0. The summed E-state index contributed by atoms with van der Waals surface area (Å²) in [5.41, 5.74) is 4.27. The van der Waals surface area contributed by atoms with E-state index in [2.05, 4.69) is 4.98 Å². The molecule has 1 aliphatic rings. The Kier molecular flexibility index (Phi) is 6.22. The second-order valence-electron chi connectivity index (χ2n) is 8.34. The number of ether oxygens (including phenoxy) is 1. The quantitative estimate of drug-likeness (QED) is 0.282. The molecule has 3 aromatic carbocycles. The maximum atomic E-state index is 12.5. The Labute approximate surface area is 207 Å². The molecule has 3 amide bonds. The average Bonchev–Trinajstić information content (AvgIpc) is 3.43. The third-order valence-electron chi connectivity index (χ3n) is 6.17. The van der Waals surface area contributed by atoms with Crippen LogP contribution < -0.4 is 4.74 Å². The van der Waals surface area contributed by atoms with E-state index < -0.39 is 0 Å². The average molecular weight is 485 g/mol. The topological polar surface area (TPSA) is 94.0 Å². The molecule has 0 saturated heterocycles. The van der Waals surface area contributed by atoms with Gasteiger partial charge in [0.2, 0.25) is 5.91 Å². The standard InChI is InChI=1S/C27H24N4O5/c1-29(35-2)25(32)16-18-7-12-23-24(15-18)31(17-28-23)19-8-10-20(11-9-19)36-14-13-30-26(33)21-5-3-4-6-22(21)27(30)34/h3-12,15,17H,13-14,16H2,1-2H3. The highest BCUT2D eigenvalue weighted by Gasteiger charge is 2.34. The molecule has 9 heteroatoms. The zero-order valence-corrected chi connectivity index (χ0v) is 19.9. The van der Waals surface area contributed by atoms with Crippen LogP contribution in [0.3, 0.4) is 0 Å². The highest BCUT2D eigenvalue weighted by atomic mass is 16.7. The van der Waals surface area contributed by atoms with Gasteiger partial charge in [-0.1, -0.05) is 18.2 Å². The molecule has 0 unspecified atom stereocenters. The zero-order valence-electron chi connectivity index (χ0n) is 19.9. The van der Waals surface area contributed by atoms with Crippen LogP contribution in [0.4, 0.5) is 0 Å². The van der Waals surface area contributed by atoms with Crippen LogP contribution in [-0.4, -0.2) is 64.5 Å². The molecule has 1 aliphatic heterocycles. The first-order chi connectivity index (χ1) is 17.5. The van der Waals surface area contributed by atoms with Crippen molar-refractivity contribution >= 4 is 28.8 Å². The third-order valence-corrected chi connectivity index (χ3v) is 6.17. The molecule has 1 aromatic heterocycles. The summed E-state index contributed by atoms with van der Waals surface area (Å²) >= 11 is 0. The van der Waals surface area contributed by atoms with Crippen LogP contribution in [0.15, 0.2) is 73.1 Å². The minimum atomic E-state index is -0.295. The van der Waals surface area contributed by atoms with Gasteiger partial charge in [-0.05, 0) is 54.1 Å². The van der Waals surface area contributed by atoms with E-state index in [0.717, 1.165) is 22.3 Å². The van der Waals surface area contributed by atoms with Gasteiger partial charge in [0.1, 0.15) is 18.7 Å². The smallest absolute Gasteiger partial charge is 0.261 e. The molecule has 182 valence electrons. The molecule has 0 fully saturated rings. The molecule has 0 aliphatic carbocycles.